The molecule has 1 aliphatic rings. The standard InChI is InChI=1S/C33H26Cl2F3N3O4/c1-33(2)16-44-15-28(33)41-27-11-19(32(42)43)9-22(35)30(27)40-29(41)12-18-10-25(38)21(13-24(18)37)26-8-7-23(36)31(39-26)45-14-17-3-5-20(34)6-4-17/h3-11,13,28H,12,14-16H2,1-2H3,(H,42,43)/t28-/m1/s1. The van der Waals surface area contributed by atoms with Crippen molar-refractivity contribution in [1.29, 1.82) is 0 Å². The molecule has 3 heterocycles. The van der Waals surface area contributed by atoms with Crippen molar-refractivity contribution in [2.45, 2.75) is 32.9 Å². The molecule has 232 valence electrons. The summed E-state index contributed by atoms with van der Waals surface area (Å²) in [4.78, 5) is 20.6. The third kappa shape index (κ3) is 6.10. The third-order valence-electron chi connectivity index (χ3n) is 7.90. The normalized spacial score (nSPS) is 15.9. The molecule has 6 rings (SSSR count). The van der Waals surface area contributed by atoms with Crippen LogP contribution in [0.3, 0.4) is 0 Å². The molecule has 0 amide bonds. The Morgan fingerprint density at radius 2 is 1.78 bits per heavy atom. The first-order chi connectivity index (χ1) is 21.4. The van der Waals surface area contributed by atoms with E-state index in [1.165, 1.54) is 18.2 Å². The quantitative estimate of drug-likeness (QED) is 0.181. The minimum atomic E-state index is -1.16. The molecule has 0 spiro atoms. The lowest BCUT2D eigenvalue weighted by Crippen LogP contribution is -2.27. The molecule has 0 aliphatic carbocycles. The van der Waals surface area contributed by atoms with Crippen LogP contribution in [0.2, 0.25) is 10.0 Å². The maximum Gasteiger partial charge on any atom is 0.335 e. The highest BCUT2D eigenvalue weighted by atomic mass is 35.5. The van der Waals surface area contributed by atoms with Gasteiger partial charge in [-0.15, -0.1) is 0 Å². The molecule has 1 atom stereocenters. The second-order valence-corrected chi connectivity index (χ2v) is 12.4. The zero-order valence-corrected chi connectivity index (χ0v) is 25.6. The van der Waals surface area contributed by atoms with E-state index in [0.29, 0.717) is 40.7 Å². The number of pyridine rings is 1. The Balaban J connectivity index is 1.35. The van der Waals surface area contributed by atoms with Crippen molar-refractivity contribution in [2.75, 3.05) is 13.2 Å². The van der Waals surface area contributed by atoms with Crippen LogP contribution >= 0.6 is 23.2 Å². The number of nitrogens with zero attached hydrogens (tertiary/aromatic N) is 3. The Kier molecular flexibility index (Phi) is 8.24. The van der Waals surface area contributed by atoms with E-state index in [1.807, 2.05) is 18.4 Å². The molecule has 0 bridgehead atoms. The van der Waals surface area contributed by atoms with Crippen LogP contribution in [-0.2, 0) is 17.8 Å². The van der Waals surface area contributed by atoms with Crippen LogP contribution in [0.5, 0.6) is 5.88 Å². The Morgan fingerprint density at radius 3 is 2.47 bits per heavy atom. The lowest BCUT2D eigenvalue weighted by Gasteiger charge is -2.28. The van der Waals surface area contributed by atoms with Gasteiger partial charge in [-0.05, 0) is 59.7 Å². The number of hydrogen-bond acceptors (Lipinski definition) is 5. The highest BCUT2D eigenvalue weighted by Gasteiger charge is 2.39. The fourth-order valence-corrected chi connectivity index (χ4v) is 5.86. The summed E-state index contributed by atoms with van der Waals surface area (Å²) in [6.45, 7) is 4.75. The van der Waals surface area contributed by atoms with Gasteiger partial charge in [0.25, 0.3) is 5.88 Å². The highest BCUT2D eigenvalue weighted by molar-refractivity contribution is 6.35. The summed E-state index contributed by atoms with van der Waals surface area (Å²) in [5, 5.41) is 10.3. The number of imidazole rings is 1. The topological polar surface area (TPSA) is 86.5 Å². The van der Waals surface area contributed by atoms with E-state index >= 15 is 8.78 Å². The van der Waals surface area contributed by atoms with E-state index in [1.54, 1.807) is 24.3 Å². The number of carboxylic acids is 1. The van der Waals surface area contributed by atoms with Crippen molar-refractivity contribution in [3.8, 4) is 17.1 Å². The Labute approximate surface area is 266 Å². The lowest BCUT2D eigenvalue weighted by molar-refractivity contribution is 0.0697. The van der Waals surface area contributed by atoms with E-state index in [9.17, 15) is 14.3 Å². The summed E-state index contributed by atoms with van der Waals surface area (Å²) in [5.74, 6) is -3.44. The second-order valence-electron chi connectivity index (χ2n) is 11.5. The van der Waals surface area contributed by atoms with E-state index in [2.05, 4.69) is 9.97 Å². The molecule has 2 aromatic heterocycles. The number of aromatic carboxylic acids is 1. The van der Waals surface area contributed by atoms with Gasteiger partial charge < -0.3 is 19.1 Å². The highest BCUT2D eigenvalue weighted by Crippen LogP contribution is 2.41. The van der Waals surface area contributed by atoms with Crippen molar-refractivity contribution in [3.63, 3.8) is 0 Å². The van der Waals surface area contributed by atoms with Gasteiger partial charge in [0.05, 0.1) is 41.1 Å². The first-order valence-electron chi connectivity index (χ1n) is 13.9. The van der Waals surface area contributed by atoms with Crippen molar-refractivity contribution in [1.82, 2.24) is 14.5 Å². The van der Waals surface area contributed by atoms with Crippen LogP contribution in [0.4, 0.5) is 13.2 Å². The molecule has 1 N–H and O–H groups in total. The number of carbonyl (C=O) groups is 1. The molecule has 1 saturated heterocycles. The maximum atomic E-state index is 15.7. The van der Waals surface area contributed by atoms with Gasteiger partial charge in [0.1, 0.15) is 29.6 Å². The molecule has 0 radical (unpaired) electrons. The minimum Gasteiger partial charge on any atom is -0.478 e. The van der Waals surface area contributed by atoms with Crippen LogP contribution in [0.1, 0.15) is 47.2 Å². The number of hydrogen-bond donors (Lipinski definition) is 1. The van der Waals surface area contributed by atoms with Gasteiger partial charge in [-0.3, -0.25) is 0 Å². The Bertz CT molecular complexity index is 1950. The maximum absolute atomic E-state index is 15.7. The number of aromatic nitrogens is 3. The van der Waals surface area contributed by atoms with Gasteiger partial charge in [0, 0.05) is 22.4 Å². The molecule has 1 fully saturated rings. The van der Waals surface area contributed by atoms with Crippen molar-refractivity contribution in [3.05, 3.63) is 111 Å². The summed E-state index contributed by atoms with van der Waals surface area (Å²) in [6, 6.07) is 13.6. The van der Waals surface area contributed by atoms with Crippen molar-refractivity contribution < 1.29 is 32.5 Å². The number of rotatable bonds is 8. The fourth-order valence-electron chi connectivity index (χ4n) is 5.47. The van der Waals surface area contributed by atoms with E-state index in [4.69, 9.17) is 32.7 Å². The van der Waals surface area contributed by atoms with Gasteiger partial charge in [0.2, 0.25) is 0 Å². The van der Waals surface area contributed by atoms with Gasteiger partial charge in [-0.2, -0.15) is 0 Å². The molecular weight excluding hydrogens is 630 g/mol. The van der Waals surface area contributed by atoms with Gasteiger partial charge in [-0.25, -0.2) is 27.9 Å². The number of carboxylic acid groups (broad SMARTS) is 1. The molecule has 45 heavy (non-hydrogen) atoms. The van der Waals surface area contributed by atoms with Crippen LogP contribution in [0.25, 0.3) is 22.3 Å². The summed E-state index contributed by atoms with van der Waals surface area (Å²) in [6.07, 6.45) is -0.130. The molecule has 0 unspecified atom stereocenters. The summed E-state index contributed by atoms with van der Waals surface area (Å²) in [5.41, 5.74) is 0.921. The second kappa shape index (κ2) is 12.0. The number of fused-ring (bicyclic) bond motifs is 1. The molecule has 0 saturated carbocycles. The number of ether oxygens (including phenoxy) is 2. The first-order valence-corrected chi connectivity index (χ1v) is 14.7. The van der Waals surface area contributed by atoms with E-state index < -0.39 is 23.4 Å². The zero-order chi connectivity index (χ0) is 32.0. The molecular formula is C33H26Cl2F3N3O4. The monoisotopic (exact) mass is 655 g/mol. The van der Waals surface area contributed by atoms with Crippen molar-refractivity contribution >= 4 is 40.2 Å². The Hall–Kier alpha value is -4.12. The van der Waals surface area contributed by atoms with Crippen LogP contribution in [0, 0.1) is 22.9 Å². The molecule has 3 aromatic carbocycles. The van der Waals surface area contributed by atoms with Gasteiger partial charge in [-0.1, -0.05) is 49.2 Å². The largest absolute Gasteiger partial charge is 0.478 e. The predicted molar refractivity (Wildman–Crippen MR) is 163 cm³/mol. The lowest BCUT2D eigenvalue weighted by atomic mass is 9.87. The molecule has 1 aliphatic heterocycles. The summed E-state index contributed by atoms with van der Waals surface area (Å²) >= 11 is 12.4. The average Bonchev–Trinajstić information content (AvgIpc) is 3.53. The van der Waals surface area contributed by atoms with E-state index in [0.717, 1.165) is 18.2 Å². The number of halogens is 5. The van der Waals surface area contributed by atoms with Crippen LogP contribution in [0.15, 0.2) is 60.7 Å². The van der Waals surface area contributed by atoms with Gasteiger partial charge in [0.15, 0.2) is 5.82 Å². The fraction of sp³-hybridized carbons (Fsp3) is 0.242. The minimum absolute atomic E-state index is 0.000400. The molecule has 7 nitrogen and oxygen atoms in total. The average molecular weight is 656 g/mol. The van der Waals surface area contributed by atoms with Crippen LogP contribution in [-0.4, -0.2) is 38.8 Å². The third-order valence-corrected chi connectivity index (χ3v) is 8.44. The van der Waals surface area contributed by atoms with Crippen LogP contribution < -0.4 is 4.74 Å². The summed E-state index contributed by atoms with van der Waals surface area (Å²) in [7, 11) is 0. The summed E-state index contributed by atoms with van der Waals surface area (Å²) < 4.78 is 58.9. The molecule has 12 heteroatoms. The number of benzene rings is 3. The zero-order valence-electron chi connectivity index (χ0n) is 24.1. The smallest absolute Gasteiger partial charge is 0.335 e. The SMILES string of the molecule is CC1(C)COC[C@H]1n1c(Cc2cc(F)c(-c3ccc(F)c(OCc4ccc(Cl)cc4)n3)cc2F)nc2c(Cl)cc(C(=O)O)cc21. The first kappa shape index (κ1) is 30.9. The van der Waals surface area contributed by atoms with Crippen molar-refractivity contribution in [2.24, 2.45) is 5.41 Å². The van der Waals surface area contributed by atoms with Gasteiger partial charge >= 0.3 is 5.97 Å². The van der Waals surface area contributed by atoms with E-state index in [-0.39, 0.29) is 57.8 Å². The predicted octanol–water partition coefficient (Wildman–Crippen LogP) is 8.29. The Morgan fingerprint density at radius 1 is 1.02 bits per heavy atom. The molecule has 5 aromatic rings.